The van der Waals surface area contributed by atoms with Crippen LogP contribution in [0.25, 0.3) is 0 Å². The van der Waals surface area contributed by atoms with Gasteiger partial charge in [-0.2, -0.15) is 0 Å². The lowest BCUT2D eigenvalue weighted by molar-refractivity contribution is -0.176. The van der Waals surface area contributed by atoms with Crippen molar-refractivity contribution in [3.05, 3.63) is 0 Å². The van der Waals surface area contributed by atoms with Crippen molar-refractivity contribution in [1.82, 2.24) is 0 Å². The molecule has 0 atom stereocenters. The van der Waals surface area contributed by atoms with Crippen LogP contribution in [-0.4, -0.2) is 17.8 Å². The standard InChI is InChI=1S/C3H12N6O3/c4-1(10)11-2(5,6)3(7,8)12-9/h5-9H2,(H2,4,10). The molecule has 0 rings (SSSR count). The van der Waals surface area contributed by atoms with E-state index in [0.29, 0.717) is 0 Å². The Morgan fingerprint density at radius 3 is 1.75 bits per heavy atom. The van der Waals surface area contributed by atoms with Gasteiger partial charge in [-0.3, -0.25) is 27.8 Å². The number of ether oxygens (including phenoxy) is 1. The van der Waals surface area contributed by atoms with Crippen LogP contribution in [-0.2, 0) is 9.57 Å². The third-order valence-electron chi connectivity index (χ3n) is 1.08. The molecule has 0 spiro atoms. The smallest absolute Gasteiger partial charge is 0.407 e. The van der Waals surface area contributed by atoms with Crippen LogP contribution in [0.15, 0.2) is 0 Å². The lowest BCUT2D eigenvalue weighted by atomic mass is 10.3. The number of nitrogens with two attached hydrogens (primary N) is 6. The maximum absolute atomic E-state index is 10.2. The zero-order valence-corrected chi connectivity index (χ0v) is 6.19. The van der Waals surface area contributed by atoms with E-state index in [-0.39, 0.29) is 0 Å². The van der Waals surface area contributed by atoms with Crippen molar-refractivity contribution < 1.29 is 14.4 Å². The summed E-state index contributed by atoms with van der Waals surface area (Å²) in [6.45, 7) is 0. The van der Waals surface area contributed by atoms with Crippen molar-refractivity contribution >= 4 is 6.09 Å². The Labute approximate surface area is 67.9 Å². The Hall–Kier alpha value is -0.970. The summed E-state index contributed by atoms with van der Waals surface area (Å²) in [5.41, 5.74) is 25.0. The quantitative estimate of drug-likeness (QED) is 0.187. The average molecular weight is 180 g/mol. The van der Waals surface area contributed by atoms with Crippen molar-refractivity contribution in [3.8, 4) is 0 Å². The minimum absolute atomic E-state index is 1.25. The molecular formula is C3H12N6O3. The first-order valence-corrected chi connectivity index (χ1v) is 2.75. The highest BCUT2D eigenvalue weighted by atomic mass is 16.7. The zero-order valence-electron chi connectivity index (χ0n) is 6.19. The van der Waals surface area contributed by atoms with E-state index in [1.807, 2.05) is 0 Å². The minimum Gasteiger partial charge on any atom is -0.408 e. The van der Waals surface area contributed by atoms with E-state index >= 15 is 0 Å². The fourth-order valence-corrected chi connectivity index (χ4v) is 0.338. The highest BCUT2D eigenvalue weighted by molar-refractivity contribution is 5.65. The second-order valence-corrected chi connectivity index (χ2v) is 2.13. The van der Waals surface area contributed by atoms with Gasteiger partial charge in [0.2, 0.25) is 0 Å². The van der Waals surface area contributed by atoms with Gasteiger partial charge in [0.25, 0.3) is 11.7 Å². The highest BCUT2D eigenvalue weighted by Gasteiger charge is 2.45. The number of hydrogen-bond donors (Lipinski definition) is 6. The predicted molar refractivity (Wildman–Crippen MR) is 38.2 cm³/mol. The summed E-state index contributed by atoms with van der Waals surface area (Å²) in [5, 5.41) is 0. The summed E-state index contributed by atoms with van der Waals surface area (Å²) < 4.78 is 4.13. The summed E-state index contributed by atoms with van der Waals surface area (Å²) in [4.78, 5) is 14.2. The SMILES string of the molecule is NOC(N)(N)C(N)(N)OC(N)=O. The normalized spacial score (nSPS) is 12.8. The molecular weight excluding hydrogens is 168 g/mol. The number of primary amides is 1. The molecule has 0 saturated carbocycles. The maximum Gasteiger partial charge on any atom is 0.407 e. The van der Waals surface area contributed by atoms with Crippen LogP contribution in [0.2, 0.25) is 0 Å². The molecule has 0 aliphatic rings. The van der Waals surface area contributed by atoms with Crippen molar-refractivity contribution in [2.75, 3.05) is 0 Å². The average Bonchev–Trinajstić information content (AvgIpc) is 1.84. The molecule has 9 nitrogen and oxygen atoms in total. The molecule has 12 N–H and O–H groups in total. The van der Waals surface area contributed by atoms with E-state index in [4.69, 9.17) is 22.9 Å². The summed E-state index contributed by atoms with van der Waals surface area (Å²) in [6, 6.07) is 0. The molecule has 0 aromatic carbocycles. The van der Waals surface area contributed by atoms with Crippen LogP contribution >= 0.6 is 0 Å². The predicted octanol–water partition coefficient (Wildman–Crippen LogP) is -3.89. The Morgan fingerprint density at radius 1 is 1.08 bits per heavy atom. The fourth-order valence-electron chi connectivity index (χ4n) is 0.338. The molecule has 0 unspecified atom stereocenters. The van der Waals surface area contributed by atoms with E-state index in [1.54, 1.807) is 0 Å². The van der Waals surface area contributed by atoms with E-state index in [9.17, 15) is 4.79 Å². The number of carbonyl (C=O) groups excluding carboxylic acids is 1. The zero-order chi connectivity index (χ0) is 9.99. The first kappa shape index (κ1) is 11.0. The van der Waals surface area contributed by atoms with Gasteiger partial charge in [0.1, 0.15) is 0 Å². The second kappa shape index (κ2) is 3.18. The molecule has 0 aliphatic carbocycles. The van der Waals surface area contributed by atoms with E-state index in [2.05, 4.69) is 21.2 Å². The van der Waals surface area contributed by atoms with Gasteiger partial charge in [-0.15, -0.1) is 0 Å². The van der Waals surface area contributed by atoms with Gasteiger partial charge in [0, 0.05) is 0 Å². The molecule has 0 fully saturated rings. The fraction of sp³-hybridized carbons (Fsp3) is 0.667. The minimum atomic E-state index is -2.30. The molecule has 0 aromatic heterocycles. The molecule has 9 heteroatoms. The molecule has 0 aromatic rings. The van der Waals surface area contributed by atoms with Crippen LogP contribution < -0.4 is 34.6 Å². The van der Waals surface area contributed by atoms with Gasteiger partial charge in [0.05, 0.1) is 0 Å². The molecule has 0 bridgehead atoms. The van der Waals surface area contributed by atoms with Gasteiger partial charge < -0.3 is 10.5 Å². The van der Waals surface area contributed by atoms with Crippen molar-refractivity contribution in [2.24, 2.45) is 34.6 Å². The Morgan fingerprint density at radius 2 is 1.50 bits per heavy atom. The third kappa shape index (κ3) is 2.27. The first-order chi connectivity index (χ1) is 5.23. The van der Waals surface area contributed by atoms with Crippen molar-refractivity contribution in [1.29, 1.82) is 0 Å². The van der Waals surface area contributed by atoms with E-state index in [0.717, 1.165) is 0 Å². The molecule has 72 valence electrons. The lowest BCUT2D eigenvalue weighted by Gasteiger charge is -2.35. The molecule has 1 amide bonds. The summed E-state index contributed by atoms with van der Waals surface area (Å²) in [5.74, 6) is 0.108. The van der Waals surface area contributed by atoms with Gasteiger partial charge in [-0.1, -0.05) is 0 Å². The van der Waals surface area contributed by atoms with Crippen LogP contribution in [0.1, 0.15) is 0 Å². The molecule has 0 saturated heterocycles. The van der Waals surface area contributed by atoms with Gasteiger partial charge in [0.15, 0.2) is 0 Å². The largest absolute Gasteiger partial charge is 0.408 e. The van der Waals surface area contributed by atoms with Gasteiger partial charge in [-0.25, -0.2) is 10.7 Å². The summed E-state index contributed by atoms with van der Waals surface area (Å²) >= 11 is 0. The van der Waals surface area contributed by atoms with Crippen LogP contribution in [0.5, 0.6) is 0 Å². The number of rotatable bonds is 3. The highest BCUT2D eigenvalue weighted by Crippen LogP contribution is 2.06. The van der Waals surface area contributed by atoms with Gasteiger partial charge >= 0.3 is 6.09 Å². The van der Waals surface area contributed by atoms with Crippen molar-refractivity contribution in [2.45, 2.75) is 11.7 Å². The second-order valence-electron chi connectivity index (χ2n) is 2.13. The topological polar surface area (TPSA) is 192 Å². The van der Waals surface area contributed by atoms with Crippen LogP contribution in [0.4, 0.5) is 4.79 Å². The Kier molecular flexibility index (Phi) is 2.93. The number of hydrogen-bond acceptors (Lipinski definition) is 8. The van der Waals surface area contributed by atoms with Crippen LogP contribution in [0, 0.1) is 0 Å². The summed E-state index contributed by atoms with van der Waals surface area (Å²) in [7, 11) is 0. The first-order valence-electron chi connectivity index (χ1n) is 2.75. The Bertz CT molecular complexity index is 179. The lowest BCUT2D eigenvalue weighted by Crippen LogP contribution is -2.79. The van der Waals surface area contributed by atoms with Gasteiger partial charge in [-0.05, 0) is 0 Å². The van der Waals surface area contributed by atoms with Crippen molar-refractivity contribution in [3.63, 3.8) is 0 Å². The number of amides is 1. The summed E-state index contributed by atoms with van der Waals surface area (Å²) in [6.07, 6.45) is -1.25. The van der Waals surface area contributed by atoms with Crippen LogP contribution in [0.3, 0.4) is 0 Å². The Balaban J connectivity index is 4.48. The maximum atomic E-state index is 10.2. The third-order valence-corrected chi connectivity index (χ3v) is 1.08. The number of carbonyl (C=O) groups is 1. The molecule has 0 aliphatic heterocycles. The monoisotopic (exact) mass is 180 g/mol. The van der Waals surface area contributed by atoms with E-state index in [1.165, 1.54) is 0 Å². The van der Waals surface area contributed by atoms with E-state index < -0.39 is 17.8 Å². The molecule has 0 heterocycles. The molecule has 0 radical (unpaired) electrons. The molecule has 12 heavy (non-hydrogen) atoms.